The average molecular weight is 397 g/mol. The molecule has 1 aromatic carbocycles. The second kappa shape index (κ2) is 7.43. The van der Waals surface area contributed by atoms with E-state index in [1.54, 1.807) is 4.90 Å². The highest BCUT2D eigenvalue weighted by molar-refractivity contribution is 14.1. The minimum atomic E-state index is -0.253. The van der Waals surface area contributed by atoms with Crippen molar-refractivity contribution in [2.75, 3.05) is 31.6 Å². The second-order valence-corrected chi connectivity index (χ2v) is 5.92. The number of hydrogen-bond donors (Lipinski definition) is 1. The fourth-order valence-corrected chi connectivity index (χ4v) is 2.66. The summed E-state index contributed by atoms with van der Waals surface area (Å²) in [5.74, 6) is -0.253. The predicted octanol–water partition coefficient (Wildman–Crippen LogP) is 2.28. The van der Waals surface area contributed by atoms with Crippen molar-refractivity contribution in [2.24, 2.45) is 0 Å². The van der Waals surface area contributed by atoms with Gasteiger partial charge in [0, 0.05) is 28.5 Å². The second-order valence-electron chi connectivity index (χ2n) is 4.68. The number of amides is 1. The fraction of sp³-hybridized carbons (Fsp3) is 0.333. The lowest BCUT2D eigenvalue weighted by molar-refractivity contribution is -0.130. The summed E-state index contributed by atoms with van der Waals surface area (Å²) >= 11 is 2.24. The molecule has 0 radical (unpaired) electrons. The quantitative estimate of drug-likeness (QED) is 0.483. The Kier molecular flexibility index (Phi) is 5.59. The minimum absolute atomic E-state index is 0.106. The van der Waals surface area contributed by atoms with Gasteiger partial charge in [-0.25, -0.2) is 0 Å². The summed E-state index contributed by atoms with van der Waals surface area (Å²) in [6.07, 6.45) is 1.48. The molecule has 0 atom stereocenters. The number of nitrogens with zero attached hydrogens (tertiary/aromatic N) is 2. The standard InChI is InChI=1S/C15H16IN3O2/c1-11-8-13(16)2-3-14(11)18-10-12(9-17)15(20)19-4-6-21-7-5-19/h2-3,8,10,18H,4-7H2,1H3/b12-10-. The maximum absolute atomic E-state index is 12.2. The van der Waals surface area contributed by atoms with E-state index in [2.05, 4.69) is 27.9 Å². The van der Waals surface area contributed by atoms with Gasteiger partial charge < -0.3 is 15.0 Å². The Hall–Kier alpha value is -1.59. The Morgan fingerprint density at radius 3 is 2.81 bits per heavy atom. The summed E-state index contributed by atoms with van der Waals surface area (Å²) in [4.78, 5) is 13.9. The van der Waals surface area contributed by atoms with Gasteiger partial charge in [-0.1, -0.05) is 0 Å². The Bertz CT molecular complexity index is 601. The van der Waals surface area contributed by atoms with E-state index in [0.29, 0.717) is 26.3 Å². The molecule has 1 aromatic rings. The van der Waals surface area contributed by atoms with E-state index in [0.717, 1.165) is 14.8 Å². The topological polar surface area (TPSA) is 65.4 Å². The Labute approximate surface area is 137 Å². The molecule has 0 unspecified atom stereocenters. The van der Waals surface area contributed by atoms with Crippen LogP contribution >= 0.6 is 22.6 Å². The van der Waals surface area contributed by atoms with Gasteiger partial charge in [-0.15, -0.1) is 0 Å². The number of nitrogens with one attached hydrogen (secondary N) is 1. The summed E-state index contributed by atoms with van der Waals surface area (Å²) in [7, 11) is 0. The smallest absolute Gasteiger partial charge is 0.266 e. The molecule has 0 saturated carbocycles. The zero-order valence-corrected chi connectivity index (χ0v) is 13.9. The fourth-order valence-electron chi connectivity index (χ4n) is 2.02. The number of rotatable bonds is 3. The highest BCUT2D eigenvalue weighted by Crippen LogP contribution is 2.18. The molecule has 1 saturated heterocycles. The zero-order valence-electron chi connectivity index (χ0n) is 11.7. The summed E-state index contributed by atoms with van der Waals surface area (Å²) in [6, 6.07) is 7.90. The van der Waals surface area contributed by atoms with Gasteiger partial charge in [0.1, 0.15) is 11.6 Å². The van der Waals surface area contributed by atoms with E-state index in [1.807, 2.05) is 31.2 Å². The number of anilines is 1. The van der Waals surface area contributed by atoms with E-state index in [9.17, 15) is 10.1 Å². The minimum Gasteiger partial charge on any atom is -0.378 e. The number of nitriles is 1. The summed E-state index contributed by atoms with van der Waals surface area (Å²) in [5.41, 5.74) is 2.06. The molecule has 0 aliphatic carbocycles. The van der Waals surface area contributed by atoms with Crippen LogP contribution in [0.2, 0.25) is 0 Å². The van der Waals surface area contributed by atoms with E-state index < -0.39 is 0 Å². The molecule has 21 heavy (non-hydrogen) atoms. The van der Waals surface area contributed by atoms with Gasteiger partial charge >= 0.3 is 0 Å². The molecule has 1 fully saturated rings. The van der Waals surface area contributed by atoms with Gasteiger partial charge in [0.2, 0.25) is 0 Å². The number of morpholine rings is 1. The average Bonchev–Trinajstić information content (AvgIpc) is 2.50. The molecule has 0 aromatic heterocycles. The lowest BCUT2D eigenvalue weighted by atomic mass is 10.2. The summed E-state index contributed by atoms with van der Waals surface area (Å²) in [5, 5.41) is 12.2. The highest BCUT2D eigenvalue weighted by Gasteiger charge is 2.20. The van der Waals surface area contributed by atoms with Crippen LogP contribution in [-0.4, -0.2) is 37.1 Å². The molecule has 6 heteroatoms. The van der Waals surface area contributed by atoms with E-state index in [4.69, 9.17) is 4.74 Å². The number of carbonyl (C=O) groups excluding carboxylic acids is 1. The van der Waals surface area contributed by atoms with E-state index >= 15 is 0 Å². The first-order valence-corrected chi connectivity index (χ1v) is 7.69. The molecular formula is C15H16IN3O2. The lowest BCUT2D eigenvalue weighted by Gasteiger charge is -2.26. The van der Waals surface area contributed by atoms with Crippen molar-refractivity contribution in [1.82, 2.24) is 4.90 Å². The first kappa shape index (κ1) is 15.8. The van der Waals surface area contributed by atoms with Crippen LogP contribution in [0.15, 0.2) is 30.0 Å². The van der Waals surface area contributed by atoms with Gasteiger partial charge in [-0.05, 0) is 53.3 Å². The third-order valence-corrected chi connectivity index (χ3v) is 3.88. The zero-order chi connectivity index (χ0) is 15.2. The number of halogens is 1. The van der Waals surface area contributed by atoms with Crippen LogP contribution in [0.5, 0.6) is 0 Å². The maximum atomic E-state index is 12.2. The maximum Gasteiger partial charge on any atom is 0.266 e. The molecule has 1 aliphatic heterocycles. The Morgan fingerprint density at radius 1 is 1.48 bits per heavy atom. The molecule has 1 heterocycles. The van der Waals surface area contributed by atoms with E-state index in [-0.39, 0.29) is 11.5 Å². The van der Waals surface area contributed by atoms with Crippen LogP contribution in [0.1, 0.15) is 5.56 Å². The number of benzene rings is 1. The van der Waals surface area contributed by atoms with Crippen LogP contribution in [0, 0.1) is 21.8 Å². The van der Waals surface area contributed by atoms with Crippen LogP contribution in [0.25, 0.3) is 0 Å². The van der Waals surface area contributed by atoms with Gasteiger partial charge in [-0.2, -0.15) is 5.26 Å². The van der Waals surface area contributed by atoms with Crippen molar-refractivity contribution < 1.29 is 9.53 Å². The van der Waals surface area contributed by atoms with Crippen molar-refractivity contribution in [3.8, 4) is 6.07 Å². The first-order valence-electron chi connectivity index (χ1n) is 6.62. The van der Waals surface area contributed by atoms with Crippen molar-refractivity contribution in [3.05, 3.63) is 39.1 Å². The largest absolute Gasteiger partial charge is 0.378 e. The van der Waals surface area contributed by atoms with Crippen molar-refractivity contribution in [3.63, 3.8) is 0 Å². The monoisotopic (exact) mass is 397 g/mol. The highest BCUT2D eigenvalue weighted by atomic mass is 127. The van der Waals surface area contributed by atoms with Crippen LogP contribution in [-0.2, 0) is 9.53 Å². The normalized spacial score (nSPS) is 15.5. The molecule has 1 aliphatic rings. The lowest BCUT2D eigenvalue weighted by Crippen LogP contribution is -2.41. The van der Waals surface area contributed by atoms with Crippen molar-refractivity contribution in [1.29, 1.82) is 5.26 Å². The predicted molar refractivity (Wildman–Crippen MR) is 88.6 cm³/mol. The third-order valence-electron chi connectivity index (χ3n) is 3.21. The van der Waals surface area contributed by atoms with Crippen LogP contribution in [0.4, 0.5) is 5.69 Å². The number of hydrogen-bond acceptors (Lipinski definition) is 4. The molecule has 1 amide bonds. The molecule has 2 rings (SSSR count). The number of ether oxygens (including phenoxy) is 1. The Morgan fingerprint density at radius 2 is 2.19 bits per heavy atom. The molecule has 5 nitrogen and oxygen atoms in total. The van der Waals surface area contributed by atoms with Gasteiger partial charge in [-0.3, -0.25) is 4.79 Å². The summed E-state index contributed by atoms with van der Waals surface area (Å²) < 4.78 is 6.35. The van der Waals surface area contributed by atoms with Crippen LogP contribution in [0.3, 0.4) is 0 Å². The van der Waals surface area contributed by atoms with Crippen molar-refractivity contribution >= 4 is 34.2 Å². The van der Waals surface area contributed by atoms with E-state index in [1.165, 1.54) is 6.20 Å². The molecule has 0 spiro atoms. The Balaban J connectivity index is 2.09. The number of carbonyl (C=O) groups is 1. The van der Waals surface area contributed by atoms with Gasteiger partial charge in [0.25, 0.3) is 5.91 Å². The number of aryl methyl sites for hydroxylation is 1. The van der Waals surface area contributed by atoms with Gasteiger partial charge in [0.05, 0.1) is 13.2 Å². The molecule has 0 bridgehead atoms. The van der Waals surface area contributed by atoms with Gasteiger partial charge in [0.15, 0.2) is 0 Å². The molecule has 1 N–H and O–H groups in total. The molecule has 110 valence electrons. The van der Waals surface area contributed by atoms with Crippen LogP contribution < -0.4 is 5.32 Å². The molecular weight excluding hydrogens is 381 g/mol. The SMILES string of the molecule is Cc1cc(I)ccc1N/C=C(/C#N)C(=O)N1CCOCC1. The first-order chi connectivity index (χ1) is 10.1. The summed E-state index contributed by atoms with van der Waals surface area (Å²) in [6.45, 7) is 4.08. The van der Waals surface area contributed by atoms with Crippen molar-refractivity contribution in [2.45, 2.75) is 6.92 Å². The third kappa shape index (κ3) is 4.19.